The van der Waals surface area contributed by atoms with E-state index < -0.39 is 29.9 Å². The molecular formula is C10H14O5. The fourth-order valence-corrected chi connectivity index (χ4v) is 1.93. The monoisotopic (exact) mass is 214 g/mol. The zero-order valence-electron chi connectivity index (χ0n) is 8.64. The van der Waals surface area contributed by atoms with Crippen LogP contribution in [-0.4, -0.2) is 46.7 Å². The van der Waals surface area contributed by atoms with Crippen molar-refractivity contribution in [3.8, 4) is 12.3 Å². The lowest BCUT2D eigenvalue weighted by Crippen LogP contribution is -2.49. The molecule has 0 aromatic rings. The predicted molar refractivity (Wildman–Crippen MR) is 49.6 cm³/mol. The van der Waals surface area contributed by atoms with E-state index in [0.717, 1.165) is 0 Å². The highest BCUT2D eigenvalue weighted by molar-refractivity contribution is 5.21. The van der Waals surface area contributed by atoms with E-state index in [1.807, 2.05) is 0 Å². The first kappa shape index (κ1) is 10.9. The molecule has 2 fully saturated rings. The molecule has 0 amide bonds. The second-order valence-corrected chi connectivity index (χ2v) is 4.20. The minimum Gasteiger partial charge on any atom is -0.394 e. The van der Waals surface area contributed by atoms with Crippen molar-refractivity contribution in [2.45, 2.75) is 43.7 Å². The van der Waals surface area contributed by atoms with E-state index in [1.165, 1.54) is 0 Å². The van der Waals surface area contributed by atoms with Gasteiger partial charge in [0.2, 0.25) is 0 Å². The number of hydrogen-bond acceptors (Lipinski definition) is 5. The van der Waals surface area contributed by atoms with E-state index in [-0.39, 0.29) is 6.61 Å². The molecule has 0 bridgehead atoms. The molecule has 0 radical (unpaired) electrons. The summed E-state index contributed by atoms with van der Waals surface area (Å²) in [5, 5.41) is 19.2. The van der Waals surface area contributed by atoms with Gasteiger partial charge in [0.05, 0.1) is 6.61 Å². The van der Waals surface area contributed by atoms with Crippen molar-refractivity contribution >= 4 is 0 Å². The molecule has 2 rings (SSSR count). The second-order valence-electron chi connectivity index (χ2n) is 4.20. The molecule has 2 aliphatic heterocycles. The Morgan fingerprint density at radius 1 is 1.40 bits per heavy atom. The summed E-state index contributed by atoms with van der Waals surface area (Å²) in [4.78, 5) is 0. The highest BCUT2D eigenvalue weighted by Crippen LogP contribution is 2.42. The molecular weight excluding hydrogens is 200 g/mol. The van der Waals surface area contributed by atoms with Crippen LogP contribution >= 0.6 is 0 Å². The van der Waals surface area contributed by atoms with Crippen LogP contribution in [0.2, 0.25) is 0 Å². The molecule has 0 unspecified atom stereocenters. The molecule has 2 aliphatic rings. The highest BCUT2D eigenvalue weighted by Gasteiger charge is 2.62. The number of ether oxygens (including phenoxy) is 3. The van der Waals surface area contributed by atoms with Crippen molar-refractivity contribution in [1.29, 1.82) is 0 Å². The molecule has 4 atom stereocenters. The van der Waals surface area contributed by atoms with E-state index in [4.69, 9.17) is 25.7 Å². The third-order valence-corrected chi connectivity index (χ3v) is 2.68. The lowest BCUT2D eigenvalue weighted by molar-refractivity contribution is -0.225. The smallest absolute Gasteiger partial charge is 0.191 e. The van der Waals surface area contributed by atoms with Gasteiger partial charge in [-0.05, 0) is 13.8 Å². The summed E-state index contributed by atoms with van der Waals surface area (Å²) < 4.78 is 16.1. The normalized spacial score (nSPS) is 47.5. The number of terminal acetylenes is 1. The molecule has 2 heterocycles. The van der Waals surface area contributed by atoms with Gasteiger partial charge in [0.1, 0.15) is 6.10 Å². The Labute approximate surface area is 87.9 Å². The third-order valence-electron chi connectivity index (χ3n) is 2.68. The third kappa shape index (κ3) is 1.46. The Hall–Kier alpha value is -0.640. The van der Waals surface area contributed by atoms with Gasteiger partial charge < -0.3 is 24.4 Å². The fraction of sp³-hybridized carbons (Fsp3) is 0.800. The molecule has 5 nitrogen and oxygen atoms in total. The van der Waals surface area contributed by atoms with Gasteiger partial charge in [-0.2, -0.15) is 0 Å². The van der Waals surface area contributed by atoms with Crippen LogP contribution in [0.5, 0.6) is 0 Å². The molecule has 0 aromatic carbocycles. The number of fused-ring (bicyclic) bond motifs is 1. The van der Waals surface area contributed by atoms with E-state index >= 15 is 0 Å². The lowest BCUT2D eigenvalue weighted by atomic mass is 9.94. The van der Waals surface area contributed by atoms with Gasteiger partial charge >= 0.3 is 0 Å². The second kappa shape index (κ2) is 3.17. The number of rotatable bonds is 1. The molecule has 0 saturated carbocycles. The van der Waals surface area contributed by atoms with Crippen LogP contribution < -0.4 is 0 Å². The molecule has 15 heavy (non-hydrogen) atoms. The zero-order chi connectivity index (χ0) is 11.3. The number of aliphatic hydroxyl groups excluding tert-OH is 1. The van der Waals surface area contributed by atoms with Gasteiger partial charge in [-0.15, -0.1) is 6.42 Å². The van der Waals surface area contributed by atoms with Crippen LogP contribution in [0.25, 0.3) is 0 Å². The molecule has 2 N–H and O–H groups in total. The fourth-order valence-electron chi connectivity index (χ4n) is 1.93. The Morgan fingerprint density at radius 2 is 2.07 bits per heavy atom. The zero-order valence-corrected chi connectivity index (χ0v) is 8.64. The van der Waals surface area contributed by atoms with Crippen LogP contribution in [0.3, 0.4) is 0 Å². The van der Waals surface area contributed by atoms with Crippen molar-refractivity contribution in [1.82, 2.24) is 0 Å². The average molecular weight is 214 g/mol. The first-order valence-electron chi connectivity index (χ1n) is 4.75. The van der Waals surface area contributed by atoms with Gasteiger partial charge in [0.25, 0.3) is 0 Å². The minimum absolute atomic E-state index is 0.374. The Bertz CT molecular complexity index is 307. The number of hydrogen-bond donors (Lipinski definition) is 2. The Balaban J connectivity index is 2.27. The summed E-state index contributed by atoms with van der Waals surface area (Å²) in [6.45, 7) is 3.04. The standard InChI is InChI=1S/C10H14O5/c1-4-10(12)6(5-11)13-8-7(10)14-9(2,3)15-8/h1,6-8,11-12H,5H2,2-3H3/t6-,7+,8+,10-/m1/s1. The largest absolute Gasteiger partial charge is 0.394 e. The van der Waals surface area contributed by atoms with Gasteiger partial charge in [-0.3, -0.25) is 0 Å². The lowest BCUT2D eigenvalue weighted by Gasteiger charge is -2.28. The van der Waals surface area contributed by atoms with Gasteiger partial charge in [-0.25, -0.2) is 0 Å². The molecule has 0 aromatic heterocycles. The summed E-state index contributed by atoms with van der Waals surface area (Å²) in [5.41, 5.74) is -1.63. The average Bonchev–Trinajstić information content (AvgIpc) is 2.60. The van der Waals surface area contributed by atoms with Crippen molar-refractivity contribution < 1.29 is 24.4 Å². The van der Waals surface area contributed by atoms with Crippen LogP contribution in [-0.2, 0) is 14.2 Å². The van der Waals surface area contributed by atoms with Crippen LogP contribution in [0.1, 0.15) is 13.8 Å². The molecule has 0 aliphatic carbocycles. The van der Waals surface area contributed by atoms with Gasteiger partial charge in [0, 0.05) is 0 Å². The summed E-state index contributed by atoms with van der Waals surface area (Å²) in [7, 11) is 0. The van der Waals surface area contributed by atoms with E-state index in [9.17, 15) is 5.11 Å². The van der Waals surface area contributed by atoms with E-state index in [0.29, 0.717) is 0 Å². The Morgan fingerprint density at radius 3 is 2.60 bits per heavy atom. The summed E-state index contributed by atoms with van der Waals surface area (Å²) in [6, 6.07) is 0. The highest BCUT2D eigenvalue weighted by atomic mass is 16.8. The minimum atomic E-state index is -1.63. The number of aliphatic hydroxyl groups is 2. The summed E-state index contributed by atoms with van der Waals surface area (Å²) in [6.07, 6.45) is 2.91. The van der Waals surface area contributed by atoms with Crippen LogP contribution in [0.15, 0.2) is 0 Å². The van der Waals surface area contributed by atoms with Crippen LogP contribution in [0, 0.1) is 12.3 Å². The summed E-state index contributed by atoms with van der Waals surface area (Å²) >= 11 is 0. The maximum absolute atomic E-state index is 10.1. The van der Waals surface area contributed by atoms with Crippen molar-refractivity contribution in [2.75, 3.05) is 6.61 Å². The van der Waals surface area contributed by atoms with Crippen LogP contribution in [0.4, 0.5) is 0 Å². The first-order valence-corrected chi connectivity index (χ1v) is 4.75. The maximum atomic E-state index is 10.1. The van der Waals surface area contributed by atoms with Crippen molar-refractivity contribution in [3.63, 3.8) is 0 Å². The van der Waals surface area contributed by atoms with E-state index in [1.54, 1.807) is 13.8 Å². The molecule has 5 heteroatoms. The van der Waals surface area contributed by atoms with Gasteiger partial charge in [-0.1, -0.05) is 5.92 Å². The molecule has 0 spiro atoms. The van der Waals surface area contributed by atoms with Gasteiger partial charge in [0.15, 0.2) is 23.8 Å². The quantitative estimate of drug-likeness (QED) is 0.560. The predicted octanol–water partition coefficient (Wildman–Crippen LogP) is -0.781. The summed E-state index contributed by atoms with van der Waals surface area (Å²) in [5.74, 6) is 1.38. The topological polar surface area (TPSA) is 68.2 Å². The van der Waals surface area contributed by atoms with Crippen molar-refractivity contribution in [2.24, 2.45) is 0 Å². The molecule has 2 saturated heterocycles. The Kier molecular flexibility index (Phi) is 2.30. The first-order chi connectivity index (χ1) is 6.93. The van der Waals surface area contributed by atoms with Crippen molar-refractivity contribution in [3.05, 3.63) is 0 Å². The SMILES string of the molecule is C#C[C@@]1(O)[C@@H](CO)O[C@H]2OC(C)(C)O[C@@H]21. The maximum Gasteiger partial charge on any atom is 0.191 e. The van der Waals surface area contributed by atoms with E-state index in [2.05, 4.69) is 5.92 Å². The molecule has 84 valence electrons.